The predicted octanol–water partition coefficient (Wildman–Crippen LogP) is 3.11. The molecule has 3 heteroatoms. The molecule has 0 fully saturated rings. The van der Waals surface area contributed by atoms with Crippen molar-refractivity contribution < 1.29 is 9.90 Å². The van der Waals surface area contributed by atoms with Crippen LogP contribution in [0.2, 0.25) is 0 Å². The van der Waals surface area contributed by atoms with E-state index in [1.807, 2.05) is 48.5 Å². The van der Waals surface area contributed by atoms with Gasteiger partial charge in [-0.05, 0) is 23.5 Å². The first-order chi connectivity index (χ1) is 10.7. The normalized spacial score (nSPS) is 13.4. The molecule has 0 aliphatic carbocycles. The van der Waals surface area contributed by atoms with Gasteiger partial charge in [-0.2, -0.15) is 0 Å². The number of rotatable bonds is 7. The molecule has 2 N–H and O–H groups in total. The Morgan fingerprint density at radius 2 is 1.64 bits per heavy atom. The van der Waals surface area contributed by atoms with Crippen molar-refractivity contribution in [3.63, 3.8) is 0 Å². The largest absolute Gasteiger partial charge is 0.394 e. The Morgan fingerprint density at radius 3 is 2.23 bits per heavy atom. The Labute approximate surface area is 132 Å². The second-order valence-corrected chi connectivity index (χ2v) is 5.71. The standard InChI is InChI=1S/C19H23NO2/c1-15(12-16-8-4-2-5-9-16)13-19(22)20-18(14-21)17-10-6-3-7-11-17/h2-11,15,18,21H,12-14H2,1H3,(H,20,22)/t15?,18-/m0/s1. The Balaban J connectivity index is 1.86. The summed E-state index contributed by atoms with van der Waals surface area (Å²) in [6.45, 7) is 1.98. The Morgan fingerprint density at radius 1 is 1.05 bits per heavy atom. The number of aliphatic hydroxyl groups is 1. The van der Waals surface area contributed by atoms with Crippen molar-refractivity contribution >= 4 is 5.91 Å². The van der Waals surface area contributed by atoms with Crippen molar-refractivity contribution in [2.24, 2.45) is 5.92 Å². The molecule has 0 saturated heterocycles. The third-order valence-corrected chi connectivity index (χ3v) is 3.68. The van der Waals surface area contributed by atoms with E-state index < -0.39 is 0 Å². The van der Waals surface area contributed by atoms with Gasteiger partial charge in [0.15, 0.2) is 0 Å². The van der Waals surface area contributed by atoms with Crippen LogP contribution in [0.4, 0.5) is 0 Å². The van der Waals surface area contributed by atoms with Crippen molar-refractivity contribution in [2.75, 3.05) is 6.61 Å². The minimum absolute atomic E-state index is 0.0219. The van der Waals surface area contributed by atoms with Crippen LogP contribution in [0.1, 0.15) is 30.5 Å². The Bertz CT molecular complexity index is 569. The second-order valence-electron chi connectivity index (χ2n) is 5.71. The van der Waals surface area contributed by atoms with Gasteiger partial charge < -0.3 is 10.4 Å². The number of carbonyl (C=O) groups excluding carboxylic acids is 1. The molecule has 2 atom stereocenters. The molecule has 0 saturated carbocycles. The molecule has 22 heavy (non-hydrogen) atoms. The van der Waals surface area contributed by atoms with E-state index in [2.05, 4.69) is 24.4 Å². The lowest BCUT2D eigenvalue weighted by Gasteiger charge is -2.18. The van der Waals surface area contributed by atoms with Crippen LogP contribution >= 0.6 is 0 Å². The fourth-order valence-electron chi connectivity index (χ4n) is 2.58. The molecule has 3 nitrogen and oxygen atoms in total. The lowest BCUT2D eigenvalue weighted by molar-refractivity contribution is -0.123. The maximum Gasteiger partial charge on any atom is 0.220 e. The second kappa shape index (κ2) is 8.35. The number of hydrogen-bond donors (Lipinski definition) is 2. The van der Waals surface area contributed by atoms with Gasteiger partial charge in [-0.1, -0.05) is 67.6 Å². The average Bonchev–Trinajstić information content (AvgIpc) is 2.54. The van der Waals surface area contributed by atoms with E-state index in [0.717, 1.165) is 12.0 Å². The molecule has 1 unspecified atom stereocenters. The third-order valence-electron chi connectivity index (χ3n) is 3.68. The van der Waals surface area contributed by atoms with Crippen LogP contribution in [0.15, 0.2) is 60.7 Å². The Kier molecular flexibility index (Phi) is 6.16. The highest BCUT2D eigenvalue weighted by Gasteiger charge is 2.15. The summed E-state index contributed by atoms with van der Waals surface area (Å²) < 4.78 is 0. The summed E-state index contributed by atoms with van der Waals surface area (Å²) in [5.41, 5.74) is 2.17. The van der Waals surface area contributed by atoms with E-state index in [9.17, 15) is 9.90 Å². The summed E-state index contributed by atoms with van der Waals surface area (Å²) in [5.74, 6) is 0.240. The third kappa shape index (κ3) is 5.01. The predicted molar refractivity (Wildman–Crippen MR) is 88.3 cm³/mol. The van der Waals surface area contributed by atoms with E-state index in [0.29, 0.717) is 6.42 Å². The van der Waals surface area contributed by atoms with Gasteiger partial charge in [0.25, 0.3) is 0 Å². The SMILES string of the molecule is CC(CC(=O)N[C@@H](CO)c1ccccc1)Cc1ccccc1. The molecule has 116 valence electrons. The molecular weight excluding hydrogens is 274 g/mol. The zero-order chi connectivity index (χ0) is 15.8. The first-order valence-corrected chi connectivity index (χ1v) is 7.68. The number of aliphatic hydroxyl groups excluding tert-OH is 1. The molecule has 0 spiro atoms. The highest BCUT2D eigenvalue weighted by molar-refractivity contribution is 5.76. The van der Waals surface area contributed by atoms with Crippen LogP contribution in [-0.4, -0.2) is 17.6 Å². The van der Waals surface area contributed by atoms with Crippen LogP contribution in [0.5, 0.6) is 0 Å². The van der Waals surface area contributed by atoms with Crippen molar-refractivity contribution in [2.45, 2.75) is 25.8 Å². The lowest BCUT2D eigenvalue weighted by atomic mass is 9.97. The van der Waals surface area contributed by atoms with E-state index in [1.165, 1.54) is 5.56 Å². The van der Waals surface area contributed by atoms with Gasteiger partial charge in [-0.3, -0.25) is 4.79 Å². The molecule has 2 rings (SSSR count). The molecule has 1 amide bonds. The van der Waals surface area contributed by atoms with Gasteiger partial charge in [-0.15, -0.1) is 0 Å². The first kappa shape index (κ1) is 16.2. The summed E-state index contributed by atoms with van der Waals surface area (Å²) in [6, 6.07) is 19.4. The monoisotopic (exact) mass is 297 g/mol. The highest BCUT2D eigenvalue weighted by Crippen LogP contribution is 2.15. The maximum absolute atomic E-state index is 12.2. The number of nitrogens with one attached hydrogen (secondary N) is 1. The molecular formula is C19H23NO2. The van der Waals surface area contributed by atoms with E-state index in [1.54, 1.807) is 0 Å². The maximum atomic E-state index is 12.2. The minimum atomic E-state index is -0.336. The molecule has 0 aliphatic heterocycles. The molecule has 2 aromatic rings. The van der Waals surface area contributed by atoms with Crippen molar-refractivity contribution in [1.82, 2.24) is 5.32 Å². The van der Waals surface area contributed by atoms with Crippen molar-refractivity contribution in [3.8, 4) is 0 Å². The first-order valence-electron chi connectivity index (χ1n) is 7.68. The molecule has 0 radical (unpaired) electrons. The fourth-order valence-corrected chi connectivity index (χ4v) is 2.58. The van der Waals surface area contributed by atoms with Gasteiger partial charge >= 0.3 is 0 Å². The number of hydrogen-bond acceptors (Lipinski definition) is 2. The smallest absolute Gasteiger partial charge is 0.220 e. The van der Waals surface area contributed by atoms with Crippen LogP contribution < -0.4 is 5.32 Å². The summed E-state index contributed by atoms with van der Waals surface area (Å²) in [6.07, 6.45) is 1.33. The highest BCUT2D eigenvalue weighted by atomic mass is 16.3. The Hall–Kier alpha value is -2.13. The lowest BCUT2D eigenvalue weighted by Crippen LogP contribution is -2.31. The number of carbonyl (C=O) groups is 1. The van der Waals surface area contributed by atoms with Gasteiger partial charge in [0.1, 0.15) is 0 Å². The molecule has 2 aromatic carbocycles. The fraction of sp³-hybridized carbons (Fsp3) is 0.316. The molecule has 0 heterocycles. The topological polar surface area (TPSA) is 49.3 Å². The zero-order valence-electron chi connectivity index (χ0n) is 12.9. The van der Waals surface area contributed by atoms with Gasteiger partial charge in [0.05, 0.1) is 12.6 Å². The minimum Gasteiger partial charge on any atom is -0.394 e. The van der Waals surface area contributed by atoms with Crippen LogP contribution in [-0.2, 0) is 11.2 Å². The number of amides is 1. The van der Waals surface area contributed by atoms with Gasteiger partial charge in [0, 0.05) is 6.42 Å². The van der Waals surface area contributed by atoms with Crippen molar-refractivity contribution in [3.05, 3.63) is 71.8 Å². The molecule has 0 bridgehead atoms. The zero-order valence-corrected chi connectivity index (χ0v) is 12.9. The van der Waals surface area contributed by atoms with Crippen LogP contribution in [0.25, 0.3) is 0 Å². The molecule has 0 aliphatic rings. The average molecular weight is 297 g/mol. The van der Waals surface area contributed by atoms with Crippen molar-refractivity contribution in [1.29, 1.82) is 0 Å². The molecule has 0 aromatic heterocycles. The summed E-state index contributed by atoms with van der Waals surface area (Å²) >= 11 is 0. The van der Waals surface area contributed by atoms with Gasteiger partial charge in [-0.25, -0.2) is 0 Å². The van der Waals surface area contributed by atoms with Gasteiger partial charge in [0.2, 0.25) is 5.91 Å². The van der Waals surface area contributed by atoms with Crippen LogP contribution in [0.3, 0.4) is 0 Å². The summed E-state index contributed by atoms with van der Waals surface area (Å²) in [7, 11) is 0. The number of benzene rings is 2. The summed E-state index contributed by atoms with van der Waals surface area (Å²) in [5, 5.41) is 12.4. The summed E-state index contributed by atoms with van der Waals surface area (Å²) in [4.78, 5) is 12.2. The van der Waals surface area contributed by atoms with E-state index in [4.69, 9.17) is 0 Å². The quantitative estimate of drug-likeness (QED) is 0.825. The van der Waals surface area contributed by atoms with Crippen LogP contribution in [0, 0.1) is 5.92 Å². The van der Waals surface area contributed by atoms with E-state index >= 15 is 0 Å². The van der Waals surface area contributed by atoms with E-state index in [-0.39, 0.29) is 24.5 Å².